The topological polar surface area (TPSA) is 35.5 Å². The Morgan fingerprint density at radius 1 is 1.50 bits per heavy atom. The van der Waals surface area contributed by atoms with Crippen molar-refractivity contribution in [3.63, 3.8) is 0 Å². The van der Waals surface area contributed by atoms with E-state index in [-0.39, 0.29) is 18.0 Å². The van der Waals surface area contributed by atoms with Crippen molar-refractivity contribution in [2.75, 3.05) is 7.11 Å². The lowest BCUT2D eigenvalue weighted by atomic mass is 9.83. The fourth-order valence-electron chi connectivity index (χ4n) is 2.25. The van der Waals surface area contributed by atoms with Gasteiger partial charge in [-0.1, -0.05) is 20.3 Å². The second-order valence-electron chi connectivity index (χ2n) is 5.01. The lowest BCUT2D eigenvalue weighted by Gasteiger charge is -2.40. The number of rotatable bonds is 4. The Morgan fingerprint density at radius 2 is 2.19 bits per heavy atom. The van der Waals surface area contributed by atoms with Gasteiger partial charge >= 0.3 is 5.97 Å². The Morgan fingerprint density at radius 3 is 2.75 bits per heavy atom. The van der Waals surface area contributed by atoms with Crippen molar-refractivity contribution in [2.24, 2.45) is 5.92 Å². The van der Waals surface area contributed by atoms with Crippen LogP contribution in [-0.2, 0) is 14.3 Å². The molecule has 1 aliphatic rings. The Kier molecular flexibility index (Phi) is 4.78. The van der Waals surface area contributed by atoms with Gasteiger partial charge in [-0.25, -0.2) is 0 Å². The number of hydrogen-bond donors (Lipinski definition) is 0. The van der Waals surface area contributed by atoms with E-state index in [1.165, 1.54) is 0 Å². The minimum absolute atomic E-state index is 0.0174. The third-order valence-corrected chi connectivity index (χ3v) is 3.70. The van der Waals surface area contributed by atoms with Crippen LogP contribution in [0.5, 0.6) is 0 Å². The van der Waals surface area contributed by atoms with Gasteiger partial charge in [0.05, 0.1) is 12.0 Å². The second kappa shape index (κ2) is 5.67. The summed E-state index contributed by atoms with van der Waals surface area (Å²) in [4.78, 5) is 11.8. The largest absolute Gasteiger partial charge is 0.456 e. The summed E-state index contributed by atoms with van der Waals surface area (Å²) in [5, 5.41) is 0. The van der Waals surface area contributed by atoms with Crippen molar-refractivity contribution in [3.05, 3.63) is 0 Å². The molecule has 3 heteroatoms. The first-order chi connectivity index (χ1) is 7.53. The lowest BCUT2D eigenvalue weighted by molar-refractivity contribution is -0.183. The van der Waals surface area contributed by atoms with E-state index in [9.17, 15) is 4.79 Å². The Balaban J connectivity index is 2.64. The van der Waals surface area contributed by atoms with Crippen LogP contribution in [0.25, 0.3) is 0 Å². The van der Waals surface area contributed by atoms with Gasteiger partial charge in [0, 0.05) is 7.11 Å². The molecule has 0 amide bonds. The van der Waals surface area contributed by atoms with Crippen LogP contribution in [-0.4, -0.2) is 24.8 Å². The highest BCUT2D eigenvalue weighted by Gasteiger charge is 2.40. The standard InChI is InChI=1S/C13H24O3/c1-5-10(2)12(14)16-13(3)9-7-6-8-11(13)15-4/h10-11H,5-9H2,1-4H3. The summed E-state index contributed by atoms with van der Waals surface area (Å²) in [5.41, 5.74) is -0.423. The molecule has 0 spiro atoms. The summed E-state index contributed by atoms with van der Waals surface area (Å²) in [6, 6.07) is 0. The predicted molar refractivity (Wildman–Crippen MR) is 63.2 cm³/mol. The molecule has 1 aliphatic carbocycles. The summed E-state index contributed by atoms with van der Waals surface area (Å²) >= 11 is 0. The normalized spacial score (nSPS) is 32.1. The predicted octanol–water partition coefficient (Wildman–Crippen LogP) is 2.92. The van der Waals surface area contributed by atoms with Gasteiger partial charge in [-0.3, -0.25) is 4.79 Å². The highest BCUT2D eigenvalue weighted by molar-refractivity contribution is 5.72. The molecule has 0 aromatic carbocycles. The Hall–Kier alpha value is -0.570. The molecule has 0 saturated heterocycles. The van der Waals surface area contributed by atoms with E-state index in [2.05, 4.69) is 0 Å². The molecular weight excluding hydrogens is 204 g/mol. The summed E-state index contributed by atoms with van der Waals surface area (Å²) in [7, 11) is 1.70. The molecule has 0 aliphatic heterocycles. The molecule has 0 bridgehead atoms. The summed E-state index contributed by atoms with van der Waals surface area (Å²) in [6.07, 6.45) is 5.05. The molecule has 3 unspecified atom stereocenters. The minimum atomic E-state index is -0.423. The Labute approximate surface area is 98.5 Å². The number of ether oxygens (including phenoxy) is 2. The van der Waals surface area contributed by atoms with Crippen molar-refractivity contribution in [1.29, 1.82) is 0 Å². The van der Waals surface area contributed by atoms with Crippen molar-refractivity contribution in [1.82, 2.24) is 0 Å². The van der Waals surface area contributed by atoms with Crippen molar-refractivity contribution >= 4 is 5.97 Å². The van der Waals surface area contributed by atoms with Gasteiger partial charge in [-0.2, -0.15) is 0 Å². The molecule has 0 aromatic heterocycles. The average Bonchev–Trinajstić information content (AvgIpc) is 2.28. The van der Waals surface area contributed by atoms with Crippen LogP contribution in [0.2, 0.25) is 0 Å². The van der Waals surface area contributed by atoms with Crippen LogP contribution in [0.3, 0.4) is 0 Å². The molecule has 0 radical (unpaired) electrons. The quantitative estimate of drug-likeness (QED) is 0.694. The molecule has 1 rings (SSSR count). The Bertz CT molecular complexity index is 239. The van der Waals surface area contributed by atoms with Gasteiger partial charge in [-0.05, 0) is 32.6 Å². The van der Waals surface area contributed by atoms with Crippen LogP contribution >= 0.6 is 0 Å². The molecule has 0 aromatic rings. The molecule has 16 heavy (non-hydrogen) atoms. The van der Waals surface area contributed by atoms with E-state index in [1.54, 1.807) is 7.11 Å². The number of hydrogen-bond acceptors (Lipinski definition) is 3. The summed E-state index contributed by atoms with van der Waals surface area (Å²) in [5.74, 6) is -0.106. The maximum atomic E-state index is 11.8. The second-order valence-corrected chi connectivity index (χ2v) is 5.01. The van der Waals surface area contributed by atoms with Gasteiger partial charge in [0.2, 0.25) is 0 Å². The van der Waals surface area contributed by atoms with E-state index in [0.29, 0.717) is 0 Å². The smallest absolute Gasteiger partial charge is 0.309 e. The fraction of sp³-hybridized carbons (Fsp3) is 0.923. The van der Waals surface area contributed by atoms with Gasteiger partial charge in [-0.15, -0.1) is 0 Å². The maximum Gasteiger partial charge on any atom is 0.309 e. The zero-order valence-electron chi connectivity index (χ0n) is 10.9. The van der Waals surface area contributed by atoms with Gasteiger partial charge < -0.3 is 9.47 Å². The zero-order chi connectivity index (χ0) is 12.2. The third-order valence-electron chi connectivity index (χ3n) is 3.70. The van der Waals surface area contributed by atoms with Crippen LogP contribution in [0.1, 0.15) is 52.9 Å². The van der Waals surface area contributed by atoms with Gasteiger partial charge in [0.25, 0.3) is 0 Å². The molecule has 1 saturated carbocycles. The van der Waals surface area contributed by atoms with Crippen molar-refractivity contribution < 1.29 is 14.3 Å². The number of esters is 1. The highest BCUT2D eigenvalue weighted by Crippen LogP contribution is 2.34. The minimum Gasteiger partial charge on any atom is -0.456 e. The number of carbonyl (C=O) groups excluding carboxylic acids is 1. The molecule has 3 atom stereocenters. The monoisotopic (exact) mass is 228 g/mol. The first-order valence-electron chi connectivity index (χ1n) is 6.29. The van der Waals surface area contributed by atoms with E-state index in [4.69, 9.17) is 9.47 Å². The fourth-order valence-corrected chi connectivity index (χ4v) is 2.25. The lowest BCUT2D eigenvalue weighted by Crippen LogP contribution is -2.47. The van der Waals surface area contributed by atoms with E-state index in [0.717, 1.165) is 32.1 Å². The average molecular weight is 228 g/mol. The molecular formula is C13H24O3. The molecule has 0 N–H and O–H groups in total. The number of carbonyl (C=O) groups is 1. The van der Waals surface area contributed by atoms with Crippen molar-refractivity contribution in [2.45, 2.75) is 64.6 Å². The van der Waals surface area contributed by atoms with E-state index in [1.807, 2.05) is 20.8 Å². The first kappa shape index (κ1) is 13.5. The third kappa shape index (κ3) is 2.97. The van der Waals surface area contributed by atoms with Crippen LogP contribution in [0.4, 0.5) is 0 Å². The first-order valence-corrected chi connectivity index (χ1v) is 6.29. The zero-order valence-corrected chi connectivity index (χ0v) is 10.9. The van der Waals surface area contributed by atoms with E-state index < -0.39 is 5.60 Å². The molecule has 94 valence electrons. The number of methoxy groups -OCH3 is 1. The summed E-state index contributed by atoms with van der Waals surface area (Å²) in [6.45, 7) is 5.92. The van der Waals surface area contributed by atoms with Crippen LogP contribution in [0, 0.1) is 5.92 Å². The SMILES string of the molecule is CCC(C)C(=O)OC1(C)CCCCC1OC. The van der Waals surface area contributed by atoms with Crippen LogP contribution < -0.4 is 0 Å². The van der Waals surface area contributed by atoms with E-state index >= 15 is 0 Å². The van der Waals surface area contributed by atoms with Crippen LogP contribution in [0.15, 0.2) is 0 Å². The highest BCUT2D eigenvalue weighted by atomic mass is 16.6. The molecule has 0 heterocycles. The maximum absolute atomic E-state index is 11.8. The van der Waals surface area contributed by atoms with Gasteiger partial charge in [0.1, 0.15) is 5.60 Å². The van der Waals surface area contributed by atoms with Crippen molar-refractivity contribution in [3.8, 4) is 0 Å². The molecule has 1 fully saturated rings. The molecule has 3 nitrogen and oxygen atoms in total. The van der Waals surface area contributed by atoms with Gasteiger partial charge in [0.15, 0.2) is 0 Å². The summed E-state index contributed by atoms with van der Waals surface area (Å²) < 4.78 is 11.1.